The Hall–Kier alpha value is -2.34. The van der Waals surface area contributed by atoms with Gasteiger partial charge in [-0.3, -0.25) is 9.48 Å². The third-order valence-electron chi connectivity index (χ3n) is 3.41. The third-order valence-corrected chi connectivity index (χ3v) is 3.91. The van der Waals surface area contributed by atoms with Crippen LogP contribution in [0.2, 0.25) is 0 Å². The molecule has 0 saturated carbocycles. The quantitative estimate of drug-likeness (QED) is 0.758. The number of amides is 1. The second kappa shape index (κ2) is 6.42. The van der Waals surface area contributed by atoms with Crippen molar-refractivity contribution >= 4 is 38.4 Å². The van der Waals surface area contributed by atoms with Crippen LogP contribution in [0.3, 0.4) is 0 Å². The van der Waals surface area contributed by atoms with Crippen LogP contribution in [0, 0.1) is 6.92 Å². The highest BCUT2D eigenvalue weighted by Crippen LogP contribution is 2.24. The van der Waals surface area contributed by atoms with Crippen LogP contribution in [0.4, 0.5) is 5.82 Å². The standard InChI is InChI=1S/C17H16BrN3O2/c1-11-7-16(21(2)20-11)19-17(22)10-23-15-6-4-12-8-14(18)5-3-13(12)9-15/h3-9H,10H2,1-2H3,(H,19,22). The molecule has 0 spiro atoms. The van der Waals surface area contributed by atoms with Crippen molar-refractivity contribution in [3.05, 3.63) is 52.6 Å². The molecule has 0 saturated heterocycles. The zero-order chi connectivity index (χ0) is 16.4. The average molecular weight is 374 g/mol. The van der Waals surface area contributed by atoms with E-state index in [1.165, 1.54) is 0 Å². The molecule has 0 radical (unpaired) electrons. The minimum Gasteiger partial charge on any atom is -0.484 e. The smallest absolute Gasteiger partial charge is 0.263 e. The summed E-state index contributed by atoms with van der Waals surface area (Å²) in [5.41, 5.74) is 0.851. The molecular formula is C17H16BrN3O2. The van der Waals surface area contributed by atoms with E-state index >= 15 is 0 Å². The second-order valence-electron chi connectivity index (χ2n) is 5.28. The van der Waals surface area contributed by atoms with E-state index < -0.39 is 0 Å². The van der Waals surface area contributed by atoms with E-state index in [9.17, 15) is 4.79 Å². The molecule has 23 heavy (non-hydrogen) atoms. The van der Waals surface area contributed by atoms with Gasteiger partial charge in [0.05, 0.1) is 5.69 Å². The molecule has 1 heterocycles. The number of halogens is 1. The fraction of sp³-hybridized carbons (Fsp3) is 0.176. The SMILES string of the molecule is Cc1cc(NC(=O)COc2ccc3cc(Br)ccc3c2)n(C)n1. The number of aryl methyl sites for hydroxylation is 2. The van der Waals surface area contributed by atoms with Gasteiger partial charge in [-0.05, 0) is 42.0 Å². The first-order chi connectivity index (χ1) is 11.0. The zero-order valence-corrected chi connectivity index (χ0v) is 14.4. The van der Waals surface area contributed by atoms with Gasteiger partial charge in [0.1, 0.15) is 11.6 Å². The Labute approximate surface area is 142 Å². The lowest BCUT2D eigenvalue weighted by Gasteiger charge is -2.08. The van der Waals surface area contributed by atoms with Crippen LogP contribution in [0.1, 0.15) is 5.69 Å². The van der Waals surface area contributed by atoms with Crippen LogP contribution < -0.4 is 10.1 Å². The van der Waals surface area contributed by atoms with E-state index in [1.54, 1.807) is 11.7 Å². The van der Waals surface area contributed by atoms with Crippen molar-refractivity contribution < 1.29 is 9.53 Å². The van der Waals surface area contributed by atoms with Crippen molar-refractivity contribution in [1.82, 2.24) is 9.78 Å². The number of ether oxygens (including phenoxy) is 1. The summed E-state index contributed by atoms with van der Waals surface area (Å²) in [5, 5.41) is 9.13. The highest BCUT2D eigenvalue weighted by molar-refractivity contribution is 9.10. The average Bonchev–Trinajstić information content (AvgIpc) is 2.82. The minimum atomic E-state index is -0.219. The predicted octanol–water partition coefficient (Wildman–Crippen LogP) is 3.66. The van der Waals surface area contributed by atoms with Crippen LogP contribution in [0.5, 0.6) is 5.75 Å². The lowest BCUT2D eigenvalue weighted by Crippen LogP contribution is -2.21. The van der Waals surface area contributed by atoms with Gasteiger partial charge in [0, 0.05) is 17.6 Å². The summed E-state index contributed by atoms with van der Waals surface area (Å²) in [5.74, 6) is 1.10. The number of carbonyl (C=O) groups excluding carboxylic acids is 1. The number of hydrogen-bond acceptors (Lipinski definition) is 3. The van der Waals surface area contributed by atoms with Gasteiger partial charge < -0.3 is 10.1 Å². The summed E-state index contributed by atoms with van der Waals surface area (Å²) in [4.78, 5) is 12.0. The van der Waals surface area contributed by atoms with Gasteiger partial charge in [-0.2, -0.15) is 5.10 Å². The van der Waals surface area contributed by atoms with Crippen molar-refractivity contribution in [2.24, 2.45) is 7.05 Å². The number of anilines is 1. The summed E-state index contributed by atoms with van der Waals surface area (Å²) in [6.45, 7) is 1.83. The molecule has 2 aromatic carbocycles. The van der Waals surface area contributed by atoms with Gasteiger partial charge in [-0.25, -0.2) is 0 Å². The third kappa shape index (κ3) is 3.71. The number of aromatic nitrogens is 2. The van der Waals surface area contributed by atoms with Gasteiger partial charge in [0.25, 0.3) is 5.91 Å². The maximum atomic E-state index is 12.0. The van der Waals surface area contributed by atoms with E-state index in [-0.39, 0.29) is 12.5 Å². The first-order valence-electron chi connectivity index (χ1n) is 7.14. The second-order valence-corrected chi connectivity index (χ2v) is 6.20. The molecule has 1 N–H and O–H groups in total. The summed E-state index contributed by atoms with van der Waals surface area (Å²) < 4.78 is 8.23. The lowest BCUT2D eigenvalue weighted by atomic mass is 10.1. The number of nitrogens with zero attached hydrogens (tertiary/aromatic N) is 2. The molecule has 0 aliphatic rings. The van der Waals surface area contributed by atoms with Gasteiger partial charge in [-0.1, -0.05) is 28.1 Å². The first-order valence-corrected chi connectivity index (χ1v) is 7.93. The number of benzene rings is 2. The molecular weight excluding hydrogens is 358 g/mol. The van der Waals surface area contributed by atoms with Crippen molar-refractivity contribution in [2.45, 2.75) is 6.92 Å². The predicted molar refractivity (Wildman–Crippen MR) is 93.7 cm³/mol. The molecule has 1 amide bonds. The van der Waals surface area contributed by atoms with Crippen LogP contribution in [0.25, 0.3) is 10.8 Å². The number of carbonyl (C=O) groups is 1. The molecule has 118 valence electrons. The summed E-state index contributed by atoms with van der Waals surface area (Å²) in [7, 11) is 1.78. The van der Waals surface area contributed by atoms with Crippen LogP contribution in [-0.2, 0) is 11.8 Å². The molecule has 3 rings (SSSR count). The highest BCUT2D eigenvalue weighted by atomic mass is 79.9. The molecule has 0 bridgehead atoms. The fourth-order valence-electron chi connectivity index (χ4n) is 2.34. The number of hydrogen-bond donors (Lipinski definition) is 1. The molecule has 1 aromatic heterocycles. The Balaban J connectivity index is 1.64. The summed E-state index contributed by atoms with van der Waals surface area (Å²) in [6.07, 6.45) is 0. The normalized spacial score (nSPS) is 10.7. The molecule has 3 aromatic rings. The molecule has 5 nitrogen and oxygen atoms in total. The van der Waals surface area contributed by atoms with E-state index in [1.807, 2.05) is 49.4 Å². The number of rotatable bonds is 4. The van der Waals surface area contributed by atoms with Crippen LogP contribution in [0.15, 0.2) is 46.9 Å². The highest BCUT2D eigenvalue weighted by Gasteiger charge is 2.08. The maximum Gasteiger partial charge on any atom is 0.263 e. The minimum absolute atomic E-state index is 0.0493. The Kier molecular flexibility index (Phi) is 4.34. The van der Waals surface area contributed by atoms with E-state index in [4.69, 9.17) is 4.74 Å². The Morgan fingerprint density at radius 3 is 2.70 bits per heavy atom. The topological polar surface area (TPSA) is 56.1 Å². The molecule has 0 unspecified atom stereocenters. The van der Waals surface area contributed by atoms with E-state index in [0.717, 1.165) is 20.9 Å². The van der Waals surface area contributed by atoms with Gasteiger partial charge >= 0.3 is 0 Å². The van der Waals surface area contributed by atoms with Gasteiger partial charge in [0.2, 0.25) is 0 Å². The van der Waals surface area contributed by atoms with Crippen molar-refractivity contribution in [2.75, 3.05) is 11.9 Å². The van der Waals surface area contributed by atoms with Crippen molar-refractivity contribution in [3.8, 4) is 5.75 Å². The zero-order valence-electron chi connectivity index (χ0n) is 12.8. The Bertz CT molecular complexity index is 873. The van der Waals surface area contributed by atoms with Gasteiger partial charge in [-0.15, -0.1) is 0 Å². The Morgan fingerprint density at radius 1 is 1.22 bits per heavy atom. The van der Waals surface area contributed by atoms with Crippen LogP contribution in [-0.4, -0.2) is 22.3 Å². The largest absolute Gasteiger partial charge is 0.484 e. The van der Waals surface area contributed by atoms with Crippen molar-refractivity contribution in [3.63, 3.8) is 0 Å². The van der Waals surface area contributed by atoms with Gasteiger partial charge in [0.15, 0.2) is 6.61 Å². The molecule has 0 aliphatic carbocycles. The summed E-state index contributed by atoms with van der Waals surface area (Å²) >= 11 is 3.45. The monoisotopic (exact) mass is 373 g/mol. The number of nitrogens with one attached hydrogen (secondary N) is 1. The lowest BCUT2D eigenvalue weighted by molar-refractivity contribution is -0.118. The number of fused-ring (bicyclic) bond motifs is 1. The molecule has 0 aliphatic heterocycles. The molecule has 0 fully saturated rings. The fourth-order valence-corrected chi connectivity index (χ4v) is 2.72. The summed E-state index contributed by atoms with van der Waals surface area (Å²) in [6, 6.07) is 13.6. The van der Waals surface area contributed by atoms with Crippen LogP contribution >= 0.6 is 15.9 Å². The van der Waals surface area contributed by atoms with E-state index in [2.05, 4.69) is 26.3 Å². The molecule has 0 atom stereocenters. The maximum absolute atomic E-state index is 12.0. The molecule has 6 heteroatoms. The first kappa shape index (κ1) is 15.6. The van der Waals surface area contributed by atoms with E-state index in [0.29, 0.717) is 11.6 Å². The Morgan fingerprint density at radius 2 is 1.96 bits per heavy atom. The van der Waals surface area contributed by atoms with Crippen molar-refractivity contribution in [1.29, 1.82) is 0 Å².